The molecule has 12 heteroatoms. The fourth-order valence-electron chi connectivity index (χ4n) is 4.66. The Bertz CT molecular complexity index is 991. The maximum Gasteiger partial charge on any atom is 0.290 e. The summed E-state index contributed by atoms with van der Waals surface area (Å²) in [5.74, 6) is 2.60. The minimum atomic E-state index is -0.300. The normalized spacial score (nSPS) is 18.1. The van der Waals surface area contributed by atoms with Gasteiger partial charge in [0.1, 0.15) is 11.4 Å². The maximum atomic E-state index is 13.0. The molecule has 11 nitrogen and oxygen atoms in total. The number of hydrogen-bond acceptors (Lipinski definition) is 7. The molecule has 0 spiro atoms. The fourth-order valence-corrected chi connectivity index (χ4v) is 5.07. The monoisotopic (exact) mass is 507 g/mol. The largest absolute Gasteiger partial charge is 0.483 e. The smallest absolute Gasteiger partial charge is 0.290 e. The van der Waals surface area contributed by atoms with Crippen LogP contribution in [0.25, 0.3) is 0 Å². The lowest BCUT2D eigenvalue weighted by Crippen LogP contribution is -2.48. The van der Waals surface area contributed by atoms with E-state index in [9.17, 15) is 9.59 Å². The highest BCUT2D eigenvalue weighted by Crippen LogP contribution is 2.35. The second kappa shape index (κ2) is 15.0. The Hall–Kier alpha value is -3.12. The van der Waals surface area contributed by atoms with Crippen molar-refractivity contribution < 1.29 is 24.6 Å². The quantitative estimate of drug-likeness (QED) is 0.303. The lowest BCUT2D eigenvalue weighted by atomic mass is 9.83. The molecule has 0 saturated carbocycles. The third-order valence-corrected chi connectivity index (χ3v) is 6.65. The summed E-state index contributed by atoms with van der Waals surface area (Å²) in [6.07, 6.45) is 8.57. The number of H-pyrrole nitrogens is 1. The molecule has 2 aliphatic heterocycles. The number of imidazole rings is 1. The van der Waals surface area contributed by atoms with Crippen LogP contribution in [0.3, 0.4) is 0 Å². The summed E-state index contributed by atoms with van der Waals surface area (Å²) in [6.45, 7) is 3.87. The van der Waals surface area contributed by atoms with E-state index < -0.39 is 0 Å². The van der Waals surface area contributed by atoms with Crippen LogP contribution in [-0.2, 0) is 22.6 Å². The zero-order chi connectivity index (χ0) is 25.6. The van der Waals surface area contributed by atoms with Crippen LogP contribution in [0.15, 0.2) is 29.3 Å². The highest BCUT2D eigenvalue weighted by Gasteiger charge is 2.35. The van der Waals surface area contributed by atoms with Gasteiger partial charge in [0.2, 0.25) is 0 Å². The first kappa shape index (κ1) is 28.1. The molecule has 1 saturated heterocycles. The molecule has 1 fully saturated rings. The highest BCUT2D eigenvalue weighted by molar-refractivity contribution is 7.98. The van der Waals surface area contributed by atoms with Gasteiger partial charge in [-0.3, -0.25) is 19.2 Å². The van der Waals surface area contributed by atoms with E-state index in [1.54, 1.807) is 18.5 Å². The molecule has 0 aliphatic carbocycles. The van der Waals surface area contributed by atoms with Gasteiger partial charge >= 0.3 is 0 Å². The van der Waals surface area contributed by atoms with E-state index >= 15 is 0 Å². The van der Waals surface area contributed by atoms with Gasteiger partial charge in [-0.15, -0.1) is 0 Å². The van der Waals surface area contributed by atoms with E-state index in [2.05, 4.69) is 26.4 Å². The van der Waals surface area contributed by atoms with Crippen LogP contribution in [0.5, 0.6) is 0 Å². The van der Waals surface area contributed by atoms with Crippen LogP contribution < -0.4 is 10.9 Å². The number of aromatic nitrogens is 3. The number of nitrogens with zero attached hydrogens (tertiary/aromatic N) is 3. The van der Waals surface area contributed by atoms with E-state index in [0.29, 0.717) is 24.8 Å². The molecule has 0 radical (unpaired) electrons. The van der Waals surface area contributed by atoms with Gasteiger partial charge in [0.05, 0.1) is 0 Å². The molecular formula is C23H33N5O6S. The molecule has 2 atom stereocenters. The predicted molar refractivity (Wildman–Crippen MR) is 133 cm³/mol. The molecule has 4 heterocycles. The van der Waals surface area contributed by atoms with Gasteiger partial charge in [-0.05, 0) is 49.4 Å². The Morgan fingerprint density at radius 3 is 2.66 bits per heavy atom. The van der Waals surface area contributed by atoms with Crippen LogP contribution in [0.2, 0.25) is 0 Å². The topological polar surface area (TPSA) is 158 Å². The van der Waals surface area contributed by atoms with Crippen molar-refractivity contribution in [3.05, 3.63) is 52.0 Å². The van der Waals surface area contributed by atoms with Crippen molar-refractivity contribution in [2.24, 2.45) is 5.92 Å². The summed E-state index contributed by atoms with van der Waals surface area (Å²) < 4.78 is 1.86. The van der Waals surface area contributed by atoms with Gasteiger partial charge in [-0.25, -0.2) is 4.98 Å². The van der Waals surface area contributed by atoms with Crippen LogP contribution >= 0.6 is 11.8 Å². The Balaban J connectivity index is 0.000000655. The molecule has 2 aromatic heterocycles. The zero-order valence-electron chi connectivity index (χ0n) is 19.8. The number of nitrogens with one attached hydrogen (secondary N) is 2. The standard InChI is InChI=1S/C21H29N5O2S.2CH2O2/c1-29-10-2-9-25-12-15-11-16(14-25)18-4-3-17(21(28)26(18)13-15)20(27)24-6-5-19-22-7-8-23-19;2*2-1-3/h3-4,7-8,15-16H,2,5-6,9-14H2,1H3,(H,22,23)(H,24,27);2*1H,(H,2,3)/t15-,16+;;/m0../s1. The third-order valence-electron chi connectivity index (χ3n) is 5.95. The van der Waals surface area contributed by atoms with E-state index in [1.165, 1.54) is 12.2 Å². The van der Waals surface area contributed by atoms with Crippen LogP contribution in [0.4, 0.5) is 0 Å². The number of amides is 1. The summed E-state index contributed by atoms with van der Waals surface area (Å²) in [5, 5.41) is 16.6. The summed E-state index contributed by atoms with van der Waals surface area (Å²) in [7, 11) is 0. The SMILES string of the molecule is CSCCCN1C[C@@H]2C[C@H](C1)c1ccc(C(=O)NCCc3ncc[nH]3)c(=O)n1C2.O=CO.O=CO. The highest BCUT2D eigenvalue weighted by atomic mass is 32.2. The number of carboxylic acid groups (broad SMARTS) is 2. The predicted octanol–water partition coefficient (Wildman–Crippen LogP) is 1.12. The molecule has 0 aromatic carbocycles. The lowest BCUT2D eigenvalue weighted by molar-refractivity contribution is -0.123. The second-order valence-electron chi connectivity index (χ2n) is 8.24. The first-order chi connectivity index (χ1) is 17.0. The summed E-state index contributed by atoms with van der Waals surface area (Å²) in [5.41, 5.74) is 1.18. The Morgan fingerprint density at radius 1 is 1.26 bits per heavy atom. The Kier molecular flexibility index (Phi) is 12.0. The average Bonchev–Trinajstić information content (AvgIpc) is 3.34. The molecule has 35 heavy (non-hydrogen) atoms. The number of likely N-dealkylation sites (tertiary alicyclic amines) is 1. The van der Waals surface area contributed by atoms with Crippen molar-refractivity contribution in [1.82, 2.24) is 24.8 Å². The molecule has 4 N–H and O–H groups in total. The molecule has 2 aliphatic rings. The van der Waals surface area contributed by atoms with Crippen LogP contribution in [0.1, 0.15) is 40.6 Å². The first-order valence-electron chi connectivity index (χ1n) is 11.4. The molecule has 2 aromatic rings. The Labute approximate surface area is 207 Å². The van der Waals surface area contributed by atoms with Gasteiger partial charge in [0.15, 0.2) is 0 Å². The van der Waals surface area contributed by atoms with Gasteiger partial charge in [-0.1, -0.05) is 0 Å². The number of carbonyl (C=O) groups is 3. The van der Waals surface area contributed by atoms with Crippen molar-refractivity contribution >= 4 is 30.6 Å². The van der Waals surface area contributed by atoms with Crippen molar-refractivity contribution in [3.8, 4) is 0 Å². The number of carbonyl (C=O) groups excluding carboxylic acids is 1. The molecule has 192 valence electrons. The molecule has 1 amide bonds. The third kappa shape index (κ3) is 8.25. The van der Waals surface area contributed by atoms with E-state index in [1.807, 2.05) is 22.4 Å². The van der Waals surface area contributed by atoms with Crippen molar-refractivity contribution in [3.63, 3.8) is 0 Å². The number of aromatic amines is 1. The van der Waals surface area contributed by atoms with Crippen LogP contribution in [0, 0.1) is 5.92 Å². The molecule has 4 rings (SSSR count). The van der Waals surface area contributed by atoms with Gasteiger partial charge in [0, 0.05) is 56.6 Å². The first-order valence-corrected chi connectivity index (χ1v) is 12.8. The number of fused-ring (bicyclic) bond motifs is 4. The summed E-state index contributed by atoms with van der Waals surface area (Å²) >= 11 is 1.90. The number of hydrogen-bond donors (Lipinski definition) is 4. The van der Waals surface area contributed by atoms with E-state index in [-0.39, 0.29) is 30.0 Å². The molecule has 2 bridgehead atoms. The maximum absolute atomic E-state index is 13.0. The van der Waals surface area contributed by atoms with E-state index in [0.717, 1.165) is 44.1 Å². The number of piperidine rings is 1. The van der Waals surface area contributed by atoms with Gasteiger partial charge in [0.25, 0.3) is 24.4 Å². The summed E-state index contributed by atoms with van der Waals surface area (Å²) in [6, 6.07) is 3.71. The minimum Gasteiger partial charge on any atom is -0.483 e. The van der Waals surface area contributed by atoms with Gasteiger partial charge in [-0.2, -0.15) is 11.8 Å². The number of thioether (sulfide) groups is 1. The zero-order valence-corrected chi connectivity index (χ0v) is 20.6. The number of pyridine rings is 1. The second-order valence-corrected chi connectivity index (χ2v) is 9.23. The average molecular weight is 508 g/mol. The van der Waals surface area contributed by atoms with Crippen LogP contribution in [-0.4, -0.2) is 86.7 Å². The molecule has 0 unspecified atom stereocenters. The number of rotatable bonds is 8. The molecular weight excluding hydrogens is 474 g/mol. The Morgan fingerprint density at radius 2 is 2.00 bits per heavy atom. The van der Waals surface area contributed by atoms with Gasteiger partial charge < -0.3 is 30.0 Å². The van der Waals surface area contributed by atoms with Crippen molar-refractivity contribution in [2.45, 2.75) is 31.7 Å². The van der Waals surface area contributed by atoms with Crippen molar-refractivity contribution in [1.29, 1.82) is 0 Å². The summed E-state index contributed by atoms with van der Waals surface area (Å²) in [4.78, 5) is 52.0. The fraction of sp³-hybridized carbons (Fsp3) is 0.522. The van der Waals surface area contributed by atoms with Crippen molar-refractivity contribution in [2.75, 3.05) is 38.2 Å². The van der Waals surface area contributed by atoms with E-state index in [4.69, 9.17) is 19.8 Å². The minimum absolute atomic E-state index is 0.150. The lowest BCUT2D eigenvalue weighted by Gasteiger charge is -2.43.